The van der Waals surface area contributed by atoms with Gasteiger partial charge in [-0.1, -0.05) is 18.2 Å². The van der Waals surface area contributed by atoms with E-state index < -0.39 is 6.10 Å². The van der Waals surface area contributed by atoms with E-state index in [0.29, 0.717) is 12.0 Å². The van der Waals surface area contributed by atoms with Gasteiger partial charge in [-0.25, -0.2) is 4.39 Å². The van der Waals surface area contributed by atoms with Gasteiger partial charge in [0.25, 0.3) is 0 Å². The van der Waals surface area contributed by atoms with Crippen LogP contribution in [0, 0.1) is 5.82 Å². The number of rotatable bonds is 4. The van der Waals surface area contributed by atoms with Gasteiger partial charge in [-0.3, -0.25) is 0 Å². The maximum atomic E-state index is 13.3. The zero-order chi connectivity index (χ0) is 11.5. The lowest BCUT2D eigenvalue weighted by Gasteiger charge is -2.39. The SMILES string of the molecule is COC1C(O)CC1OCc1ccccc1F. The number of hydrogen-bond donors (Lipinski definition) is 1. The van der Waals surface area contributed by atoms with E-state index >= 15 is 0 Å². The summed E-state index contributed by atoms with van der Waals surface area (Å²) < 4.78 is 23.8. The fourth-order valence-electron chi connectivity index (χ4n) is 1.84. The molecule has 1 aromatic rings. The summed E-state index contributed by atoms with van der Waals surface area (Å²) in [5.74, 6) is -0.267. The van der Waals surface area contributed by atoms with E-state index in [-0.39, 0.29) is 24.6 Å². The number of halogens is 1. The van der Waals surface area contributed by atoms with Gasteiger partial charge >= 0.3 is 0 Å². The van der Waals surface area contributed by atoms with Gasteiger partial charge in [-0.15, -0.1) is 0 Å². The average molecular weight is 226 g/mol. The number of hydrogen-bond acceptors (Lipinski definition) is 3. The van der Waals surface area contributed by atoms with Crippen molar-refractivity contribution >= 4 is 0 Å². The van der Waals surface area contributed by atoms with E-state index in [9.17, 15) is 9.50 Å². The van der Waals surface area contributed by atoms with Crippen molar-refractivity contribution in [2.24, 2.45) is 0 Å². The lowest BCUT2D eigenvalue weighted by Crippen LogP contribution is -2.53. The Morgan fingerprint density at radius 2 is 2.19 bits per heavy atom. The molecule has 0 amide bonds. The van der Waals surface area contributed by atoms with Crippen LogP contribution in [0.2, 0.25) is 0 Å². The Kier molecular flexibility index (Phi) is 3.53. The third-order valence-electron chi connectivity index (χ3n) is 2.90. The molecule has 1 aliphatic rings. The molecule has 1 saturated carbocycles. The Morgan fingerprint density at radius 3 is 2.81 bits per heavy atom. The van der Waals surface area contributed by atoms with Crippen LogP contribution in [0.15, 0.2) is 24.3 Å². The minimum absolute atomic E-state index is 0.139. The highest BCUT2D eigenvalue weighted by Gasteiger charge is 2.41. The summed E-state index contributed by atoms with van der Waals surface area (Å²) in [6.45, 7) is 0.212. The molecule has 0 aliphatic heterocycles. The number of aliphatic hydroxyl groups is 1. The van der Waals surface area contributed by atoms with E-state index in [1.54, 1.807) is 18.2 Å². The third-order valence-corrected chi connectivity index (χ3v) is 2.90. The van der Waals surface area contributed by atoms with E-state index in [1.165, 1.54) is 13.2 Å². The van der Waals surface area contributed by atoms with Crippen molar-refractivity contribution in [3.05, 3.63) is 35.6 Å². The van der Waals surface area contributed by atoms with Gasteiger partial charge in [0, 0.05) is 19.1 Å². The highest BCUT2D eigenvalue weighted by atomic mass is 19.1. The van der Waals surface area contributed by atoms with Gasteiger partial charge in [-0.05, 0) is 6.07 Å². The molecule has 88 valence electrons. The predicted molar refractivity (Wildman–Crippen MR) is 56.4 cm³/mol. The largest absolute Gasteiger partial charge is 0.390 e. The zero-order valence-electron chi connectivity index (χ0n) is 9.10. The summed E-state index contributed by atoms with van der Waals surface area (Å²) in [7, 11) is 1.53. The normalized spacial score (nSPS) is 28.8. The topological polar surface area (TPSA) is 38.7 Å². The summed E-state index contributed by atoms with van der Waals surface area (Å²) in [6.07, 6.45) is -0.338. The molecule has 16 heavy (non-hydrogen) atoms. The van der Waals surface area contributed by atoms with Crippen molar-refractivity contribution < 1.29 is 19.0 Å². The molecule has 1 aliphatic carbocycles. The van der Waals surface area contributed by atoms with Crippen molar-refractivity contribution in [3.8, 4) is 0 Å². The van der Waals surface area contributed by atoms with Crippen LogP contribution in [0.5, 0.6) is 0 Å². The molecule has 4 heteroatoms. The van der Waals surface area contributed by atoms with Crippen LogP contribution in [0.3, 0.4) is 0 Å². The van der Waals surface area contributed by atoms with Gasteiger partial charge in [0.1, 0.15) is 11.9 Å². The predicted octanol–water partition coefficient (Wildman–Crippen LogP) is 1.49. The first-order valence-corrected chi connectivity index (χ1v) is 5.28. The molecule has 0 saturated heterocycles. The smallest absolute Gasteiger partial charge is 0.128 e. The van der Waals surface area contributed by atoms with E-state index in [2.05, 4.69) is 0 Å². The first-order chi connectivity index (χ1) is 7.72. The quantitative estimate of drug-likeness (QED) is 0.845. The molecule has 3 unspecified atom stereocenters. The Hall–Kier alpha value is -0.970. The molecular weight excluding hydrogens is 211 g/mol. The molecule has 0 bridgehead atoms. The Morgan fingerprint density at radius 1 is 1.44 bits per heavy atom. The van der Waals surface area contributed by atoms with Gasteiger partial charge in [0.2, 0.25) is 0 Å². The molecule has 1 fully saturated rings. The lowest BCUT2D eigenvalue weighted by molar-refractivity contribution is -0.185. The Bertz CT molecular complexity index is 356. The molecular formula is C12H15FO3. The van der Waals surface area contributed by atoms with Crippen LogP contribution in [0.25, 0.3) is 0 Å². The van der Waals surface area contributed by atoms with E-state index in [0.717, 1.165) is 0 Å². The third kappa shape index (κ3) is 2.24. The van der Waals surface area contributed by atoms with Crippen LogP contribution >= 0.6 is 0 Å². The van der Waals surface area contributed by atoms with Gasteiger partial charge in [0.15, 0.2) is 0 Å². The van der Waals surface area contributed by atoms with E-state index in [4.69, 9.17) is 9.47 Å². The number of ether oxygens (including phenoxy) is 2. The monoisotopic (exact) mass is 226 g/mol. The van der Waals surface area contributed by atoms with Crippen LogP contribution in [0.1, 0.15) is 12.0 Å². The van der Waals surface area contributed by atoms with E-state index in [1.807, 2.05) is 0 Å². The molecule has 2 rings (SSSR count). The molecule has 3 nitrogen and oxygen atoms in total. The van der Waals surface area contributed by atoms with Crippen LogP contribution in [-0.4, -0.2) is 30.5 Å². The summed E-state index contributed by atoms with van der Waals surface area (Å²) in [6, 6.07) is 6.50. The molecule has 3 atom stereocenters. The van der Waals surface area contributed by atoms with Gasteiger partial charge in [0.05, 0.1) is 18.8 Å². The van der Waals surface area contributed by atoms with Crippen LogP contribution < -0.4 is 0 Å². The fourth-order valence-corrected chi connectivity index (χ4v) is 1.84. The molecule has 1 aromatic carbocycles. The lowest BCUT2D eigenvalue weighted by atomic mass is 9.88. The summed E-state index contributed by atoms with van der Waals surface area (Å²) in [5.41, 5.74) is 0.527. The van der Waals surface area contributed by atoms with Crippen LogP contribution in [0.4, 0.5) is 4.39 Å². The van der Waals surface area contributed by atoms with Crippen molar-refractivity contribution in [1.82, 2.24) is 0 Å². The highest BCUT2D eigenvalue weighted by Crippen LogP contribution is 2.27. The molecule has 0 spiro atoms. The Balaban J connectivity index is 1.87. The molecule has 0 aromatic heterocycles. The van der Waals surface area contributed by atoms with Crippen LogP contribution in [-0.2, 0) is 16.1 Å². The van der Waals surface area contributed by atoms with Crippen molar-refractivity contribution in [2.45, 2.75) is 31.3 Å². The first-order valence-electron chi connectivity index (χ1n) is 5.28. The minimum atomic E-state index is -0.462. The average Bonchev–Trinajstić information content (AvgIpc) is 2.26. The molecule has 0 heterocycles. The second-order valence-corrected chi connectivity index (χ2v) is 3.94. The maximum absolute atomic E-state index is 13.3. The summed E-state index contributed by atoms with van der Waals surface area (Å²) in [5, 5.41) is 9.35. The second-order valence-electron chi connectivity index (χ2n) is 3.94. The maximum Gasteiger partial charge on any atom is 0.128 e. The van der Waals surface area contributed by atoms with Crippen molar-refractivity contribution in [2.75, 3.05) is 7.11 Å². The fraction of sp³-hybridized carbons (Fsp3) is 0.500. The summed E-state index contributed by atoms with van der Waals surface area (Å²) in [4.78, 5) is 0. The van der Waals surface area contributed by atoms with Gasteiger partial charge in [-0.2, -0.15) is 0 Å². The molecule has 0 radical (unpaired) electrons. The second kappa shape index (κ2) is 4.91. The number of methoxy groups -OCH3 is 1. The Labute approximate surface area is 93.8 Å². The van der Waals surface area contributed by atoms with Crippen molar-refractivity contribution in [3.63, 3.8) is 0 Å². The zero-order valence-corrected chi connectivity index (χ0v) is 9.10. The number of aliphatic hydroxyl groups excluding tert-OH is 1. The summed E-state index contributed by atoms with van der Waals surface area (Å²) >= 11 is 0. The number of benzene rings is 1. The first kappa shape index (κ1) is 11.5. The highest BCUT2D eigenvalue weighted by molar-refractivity contribution is 5.16. The standard InChI is InChI=1S/C12H15FO3/c1-15-12-10(14)6-11(12)16-7-8-4-2-3-5-9(8)13/h2-5,10-12,14H,6-7H2,1H3. The molecule has 1 N–H and O–H groups in total. The minimum Gasteiger partial charge on any atom is -0.390 e. The van der Waals surface area contributed by atoms with Gasteiger partial charge < -0.3 is 14.6 Å². The van der Waals surface area contributed by atoms with Crippen molar-refractivity contribution in [1.29, 1.82) is 0 Å².